The monoisotopic (exact) mass is 262 g/mol. The number of nitrogens with two attached hydrogens (primary N) is 1. The molecule has 0 heterocycles. The topological polar surface area (TPSA) is 69.2 Å². The van der Waals surface area contributed by atoms with E-state index in [0.29, 0.717) is 5.56 Å². The van der Waals surface area contributed by atoms with Crippen molar-refractivity contribution < 1.29 is 13.7 Å². The van der Waals surface area contributed by atoms with E-state index in [1.54, 1.807) is 0 Å². The van der Waals surface area contributed by atoms with Crippen molar-refractivity contribution in [3.63, 3.8) is 0 Å². The van der Waals surface area contributed by atoms with Gasteiger partial charge in [0.2, 0.25) is 0 Å². The number of halogens is 3. The molecule has 2 rings (SSSR count). The highest BCUT2D eigenvalue weighted by atomic mass is 35.5. The molecule has 0 saturated heterocycles. The van der Waals surface area contributed by atoms with Gasteiger partial charge in [0.1, 0.15) is 5.02 Å². The first kappa shape index (κ1) is 12.2. The smallest absolute Gasteiger partial charge is 0.288 e. The lowest BCUT2D eigenvalue weighted by molar-refractivity contribution is -0.384. The summed E-state index contributed by atoms with van der Waals surface area (Å²) < 4.78 is 25.6. The SMILES string of the molecule is NC1(c2ccc(Cl)c([N+](=O)[O-])c2)CC(F)(F)C1. The van der Waals surface area contributed by atoms with Crippen molar-refractivity contribution >= 4 is 17.3 Å². The van der Waals surface area contributed by atoms with E-state index in [4.69, 9.17) is 17.3 Å². The predicted octanol–water partition coefficient (Wildman–Crippen LogP) is 2.83. The van der Waals surface area contributed by atoms with E-state index in [1.807, 2.05) is 0 Å². The molecule has 0 radical (unpaired) electrons. The highest BCUT2D eigenvalue weighted by Crippen LogP contribution is 2.50. The summed E-state index contributed by atoms with van der Waals surface area (Å²) in [4.78, 5) is 10.0. The maximum atomic E-state index is 12.8. The number of hydrogen-bond acceptors (Lipinski definition) is 3. The maximum absolute atomic E-state index is 12.8. The molecule has 1 aliphatic rings. The minimum atomic E-state index is -2.79. The minimum Gasteiger partial charge on any atom is -0.321 e. The van der Waals surface area contributed by atoms with Crippen molar-refractivity contribution in [3.8, 4) is 0 Å². The molecule has 1 aliphatic carbocycles. The molecule has 7 heteroatoms. The molecule has 92 valence electrons. The van der Waals surface area contributed by atoms with Crippen LogP contribution in [0.2, 0.25) is 5.02 Å². The molecule has 0 unspecified atom stereocenters. The van der Waals surface area contributed by atoms with Crippen molar-refractivity contribution in [3.05, 3.63) is 38.9 Å². The van der Waals surface area contributed by atoms with Gasteiger partial charge in [-0.25, -0.2) is 8.78 Å². The summed E-state index contributed by atoms with van der Waals surface area (Å²) in [6.45, 7) is 0. The fourth-order valence-corrected chi connectivity index (χ4v) is 2.22. The second kappa shape index (κ2) is 3.61. The van der Waals surface area contributed by atoms with Gasteiger partial charge in [0.05, 0.1) is 10.5 Å². The first-order valence-corrected chi connectivity index (χ1v) is 5.22. The molecule has 4 nitrogen and oxygen atoms in total. The van der Waals surface area contributed by atoms with E-state index in [0.717, 1.165) is 6.07 Å². The van der Waals surface area contributed by atoms with Gasteiger partial charge in [0.15, 0.2) is 0 Å². The van der Waals surface area contributed by atoms with Gasteiger partial charge in [0.25, 0.3) is 11.6 Å². The van der Waals surface area contributed by atoms with Crippen LogP contribution < -0.4 is 5.73 Å². The van der Waals surface area contributed by atoms with Gasteiger partial charge in [0, 0.05) is 18.9 Å². The van der Waals surface area contributed by atoms with Crippen molar-refractivity contribution in [2.45, 2.75) is 24.3 Å². The van der Waals surface area contributed by atoms with Gasteiger partial charge in [-0.2, -0.15) is 0 Å². The van der Waals surface area contributed by atoms with E-state index < -0.39 is 29.2 Å². The number of benzene rings is 1. The average Bonchev–Trinajstić information content (AvgIpc) is 2.14. The first-order valence-electron chi connectivity index (χ1n) is 4.85. The Morgan fingerprint density at radius 1 is 1.41 bits per heavy atom. The molecule has 0 aromatic heterocycles. The van der Waals surface area contributed by atoms with E-state index in [1.165, 1.54) is 12.1 Å². The van der Waals surface area contributed by atoms with Gasteiger partial charge in [-0.15, -0.1) is 0 Å². The lowest BCUT2D eigenvalue weighted by atomic mass is 9.70. The molecule has 17 heavy (non-hydrogen) atoms. The molecule has 0 atom stereocenters. The zero-order valence-corrected chi connectivity index (χ0v) is 9.38. The molecular formula is C10H9ClF2N2O2. The van der Waals surface area contributed by atoms with Gasteiger partial charge >= 0.3 is 0 Å². The Bertz CT molecular complexity index is 485. The van der Waals surface area contributed by atoms with E-state index >= 15 is 0 Å². The zero-order valence-electron chi connectivity index (χ0n) is 8.62. The van der Waals surface area contributed by atoms with Gasteiger partial charge in [-0.1, -0.05) is 17.7 Å². The summed E-state index contributed by atoms with van der Waals surface area (Å²) in [6, 6.07) is 3.92. The van der Waals surface area contributed by atoms with Crippen molar-refractivity contribution in [2.75, 3.05) is 0 Å². The van der Waals surface area contributed by atoms with E-state index in [2.05, 4.69) is 0 Å². The van der Waals surface area contributed by atoms with Gasteiger partial charge < -0.3 is 5.73 Å². The Kier molecular flexibility index (Phi) is 2.59. The molecule has 0 amide bonds. The molecular weight excluding hydrogens is 254 g/mol. The number of nitro groups is 1. The van der Waals surface area contributed by atoms with E-state index in [9.17, 15) is 18.9 Å². The first-order chi connectivity index (χ1) is 7.73. The largest absolute Gasteiger partial charge is 0.321 e. The number of rotatable bonds is 2. The van der Waals surface area contributed by atoms with Crippen molar-refractivity contribution in [1.29, 1.82) is 0 Å². The van der Waals surface area contributed by atoms with Crippen molar-refractivity contribution in [1.82, 2.24) is 0 Å². The molecule has 1 saturated carbocycles. The molecule has 1 aromatic rings. The van der Waals surface area contributed by atoms with Gasteiger partial charge in [-0.05, 0) is 11.6 Å². The van der Waals surface area contributed by atoms with Crippen LogP contribution in [0.5, 0.6) is 0 Å². The van der Waals surface area contributed by atoms with Crippen LogP contribution in [-0.4, -0.2) is 10.8 Å². The third-order valence-corrected chi connectivity index (χ3v) is 3.19. The second-order valence-electron chi connectivity index (χ2n) is 4.29. The average molecular weight is 263 g/mol. The quantitative estimate of drug-likeness (QED) is 0.658. The fourth-order valence-electron chi connectivity index (χ4n) is 2.04. The third-order valence-electron chi connectivity index (χ3n) is 2.87. The summed E-state index contributed by atoms with van der Waals surface area (Å²) in [5.41, 5.74) is 4.58. The van der Waals surface area contributed by atoms with Crippen molar-refractivity contribution in [2.24, 2.45) is 5.73 Å². The Hall–Kier alpha value is -1.27. The molecule has 0 aliphatic heterocycles. The molecule has 1 aromatic carbocycles. The van der Waals surface area contributed by atoms with Crippen LogP contribution in [0.4, 0.5) is 14.5 Å². The maximum Gasteiger partial charge on any atom is 0.288 e. The fraction of sp³-hybridized carbons (Fsp3) is 0.400. The van der Waals surface area contributed by atoms with Crippen LogP contribution in [0.15, 0.2) is 18.2 Å². The Morgan fingerprint density at radius 3 is 2.47 bits per heavy atom. The number of nitro benzene ring substituents is 1. The Morgan fingerprint density at radius 2 is 2.00 bits per heavy atom. The lowest BCUT2D eigenvalue weighted by Crippen LogP contribution is -2.55. The summed E-state index contributed by atoms with van der Waals surface area (Å²) in [7, 11) is 0. The standard InChI is InChI=1S/C10H9ClF2N2O2/c11-7-2-1-6(3-8(7)15(16)17)9(14)4-10(12,13)5-9/h1-3H,4-5,14H2. The summed E-state index contributed by atoms with van der Waals surface area (Å²) in [5, 5.41) is 10.6. The van der Waals surface area contributed by atoms with E-state index in [-0.39, 0.29) is 10.7 Å². The predicted molar refractivity (Wildman–Crippen MR) is 58.2 cm³/mol. The molecule has 2 N–H and O–H groups in total. The van der Waals surface area contributed by atoms with Crippen LogP contribution in [0.25, 0.3) is 0 Å². The highest BCUT2D eigenvalue weighted by molar-refractivity contribution is 6.32. The summed E-state index contributed by atoms with van der Waals surface area (Å²) >= 11 is 5.63. The minimum absolute atomic E-state index is 0.0339. The number of nitrogens with zero attached hydrogens (tertiary/aromatic N) is 1. The highest BCUT2D eigenvalue weighted by Gasteiger charge is 2.55. The zero-order chi connectivity index (χ0) is 12.8. The third kappa shape index (κ3) is 2.10. The van der Waals surface area contributed by atoms with Crippen LogP contribution >= 0.6 is 11.6 Å². The normalized spacial score (nSPS) is 20.7. The molecule has 1 fully saturated rings. The van der Waals surface area contributed by atoms with Crippen LogP contribution in [0.1, 0.15) is 18.4 Å². The number of hydrogen-bond donors (Lipinski definition) is 1. The Balaban J connectivity index is 2.35. The summed E-state index contributed by atoms with van der Waals surface area (Å²) in [5.74, 6) is -2.79. The van der Waals surface area contributed by atoms with Crippen LogP contribution in [-0.2, 0) is 5.54 Å². The second-order valence-corrected chi connectivity index (χ2v) is 4.70. The summed E-state index contributed by atoms with van der Waals surface area (Å²) in [6.07, 6.45) is -1.00. The lowest BCUT2D eigenvalue weighted by Gasteiger charge is -2.44. The Labute approximate surface area is 101 Å². The molecule has 0 bridgehead atoms. The number of alkyl halides is 2. The van der Waals surface area contributed by atoms with Crippen LogP contribution in [0, 0.1) is 10.1 Å². The van der Waals surface area contributed by atoms with Gasteiger partial charge in [-0.3, -0.25) is 10.1 Å². The van der Waals surface area contributed by atoms with Crippen LogP contribution in [0.3, 0.4) is 0 Å². The molecule has 0 spiro atoms.